The van der Waals surface area contributed by atoms with Crippen LogP contribution < -0.4 is 0 Å². The van der Waals surface area contributed by atoms with Gasteiger partial charge in [-0.3, -0.25) is 4.79 Å². The second kappa shape index (κ2) is 5.14. The smallest absolute Gasteiger partial charge is 0.307 e. The Hall–Kier alpha value is -0.620. The van der Waals surface area contributed by atoms with Gasteiger partial charge in [0.05, 0.1) is 5.92 Å². The van der Waals surface area contributed by atoms with E-state index in [1.54, 1.807) is 17.3 Å². The molecule has 0 aliphatic heterocycles. The molecule has 16 heavy (non-hydrogen) atoms. The first-order valence-corrected chi connectivity index (χ1v) is 7.08. The minimum absolute atomic E-state index is 0.147. The van der Waals surface area contributed by atoms with Gasteiger partial charge in [0.15, 0.2) is 4.34 Å². The lowest BCUT2D eigenvalue weighted by Crippen LogP contribution is -2.31. The zero-order chi connectivity index (χ0) is 11.5. The van der Waals surface area contributed by atoms with E-state index < -0.39 is 5.97 Å². The van der Waals surface area contributed by atoms with Crippen molar-refractivity contribution in [3.63, 3.8) is 0 Å². The van der Waals surface area contributed by atoms with Gasteiger partial charge in [-0.2, -0.15) is 0 Å². The predicted molar refractivity (Wildman–Crippen MR) is 63.7 cm³/mol. The Morgan fingerprint density at radius 1 is 1.62 bits per heavy atom. The van der Waals surface area contributed by atoms with E-state index in [-0.39, 0.29) is 11.2 Å². The van der Waals surface area contributed by atoms with Gasteiger partial charge in [0.2, 0.25) is 0 Å². The lowest BCUT2D eigenvalue weighted by molar-refractivity contribution is -0.142. The Labute approximate surface area is 102 Å². The first-order chi connectivity index (χ1) is 7.66. The van der Waals surface area contributed by atoms with Crippen LogP contribution in [-0.2, 0) is 4.79 Å². The van der Waals surface area contributed by atoms with Gasteiger partial charge >= 0.3 is 5.97 Å². The molecule has 3 unspecified atom stereocenters. The normalized spacial score (nSPS) is 30.2. The molecule has 0 bridgehead atoms. The molecule has 0 saturated heterocycles. The number of nitrogens with zero attached hydrogens (tertiary/aromatic N) is 2. The first-order valence-electron chi connectivity index (χ1n) is 5.32. The lowest BCUT2D eigenvalue weighted by atomic mass is 9.82. The third-order valence-corrected chi connectivity index (χ3v) is 5.13. The monoisotopic (exact) mass is 258 g/mol. The van der Waals surface area contributed by atoms with Gasteiger partial charge in [0.1, 0.15) is 5.51 Å². The van der Waals surface area contributed by atoms with Gasteiger partial charge in [0.25, 0.3) is 0 Å². The van der Waals surface area contributed by atoms with Crippen LogP contribution in [0.15, 0.2) is 9.85 Å². The molecule has 0 radical (unpaired) electrons. The van der Waals surface area contributed by atoms with Crippen LogP contribution >= 0.6 is 23.1 Å². The molecule has 3 atom stereocenters. The van der Waals surface area contributed by atoms with Crippen molar-refractivity contribution in [3.8, 4) is 0 Å². The summed E-state index contributed by atoms with van der Waals surface area (Å²) in [5, 5.41) is 17.1. The van der Waals surface area contributed by atoms with Crippen LogP contribution in [0.25, 0.3) is 0 Å². The zero-order valence-corrected chi connectivity index (χ0v) is 10.6. The molecule has 1 saturated carbocycles. The van der Waals surface area contributed by atoms with Crippen molar-refractivity contribution < 1.29 is 9.90 Å². The van der Waals surface area contributed by atoms with E-state index in [9.17, 15) is 9.90 Å². The first kappa shape index (κ1) is 11.9. The summed E-state index contributed by atoms with van der Waals surface area (Å²) in [5.41, 5.74) is 1.68. The minimum atomic E-state index is -0.672. The van der Waals surface area contributed by atoms with Crippen LogP contribution in [0.5, 0.6) is 0 Å². The van der Waals surface area contributed by atoms with Crippen molar-refractivity contribution in [1.82, 2.24) is 10.2 Å². The highest BCUT2D eigenvalue weighted by atomic mass is 32.2. The number of hydrogen-bond acceptors (Lipinski definition) is 5. The van der Waals surface area contributed by atoms with Gasteiger partial charge in [-0.15, -0.1) is 10.2 Å². The third-order valence-electron chi connectivity index (χ3n) is 2.96. The SMILES string of the molecule is CC1CCC(C(=O)O)C(Sc2nncs2)C1. The van der Waals surface area contributed by atoms with Gasteiger partial charge in [-0.1, -0.05) is 30.0 Å². The highest BCUT2D eigenvalue weighted by molar-refractivity contribution is 8.01. The number of carboxylic acid groups (broad SMARTS) is 1. The van der Waals surface area contributed by atoms with Crippen LogP contribution in [0.4, 0.5) is 0 Å². The van der Waals surface area contributed by atoms with Crippen molar-refractivity contribution in [1.29, 1.82) is 0 Å². The quantitative estimate of drug-likeness (QED) is 0.902. The fourth-order valence-corrected chi connectivity index (χ4v) is 4.28. The summed E-state index contributed by atoms with van der Waals surface area (Å²) in [7, 11) is 0. The number of hydrogen-bond donors (Lipinski definition) is 1. The van der Waals surface area contributed by atoms with Gasteiger partial charge in [-0.25, -0.2) is 0 Å². The summed E-state index contributed by atoms with van der Waals surface area (Å²) in [6.45, 7) is 2.19. The van der Waals surface area contributed by atoms with Crippen molar-refractivity contribution >= 4 is 29.1 Å². The summed E-state index contributed by atoms with van der Waals surface area (Å²) in [6, 6.07) is 0. The number of thioether (sulfide) groups is 1. The lowest BCUT2D eigenvalue weighted by Gasteiger charge is -2.31. The van der Waals surface area contributed by atoms with Gasteiger partial charge < -0.3 is 5.11 Å². The molecule has 6 heteroatoms. The fraction of sp³-hybridized carbons (Fsp3) is 0.700. The largest absolute Gasteiger partial charge is 0.481 e. The summed E-state index contributed by atoms with van der Waals surface area (Å²) < 4.78 is 0.880. The molecule has 88 valence electrons. The second-order valence-electron chi connectivity index (χ2n) is 4.22. The van der Waals surface area contributed by atoms with Crippen molar-refractivity contribution in [2.24, 2.45) is 11.8 Å². The molecule has 1 aliphatic carbocycles. The number of carbonyl (C=O) groups is 1. The van der Waals surface area contributed by atoms with Crippen molar-refractivity contribution in [2.75, 3.05) is 0 Å². The fourth-order valence-electron chi connectivity index (χ4n) is 2.09. The molecule has 0 spiro atoms. The predicted octanol–water partition coefficient (Wildman–Crippen LogP) is 2.52. The number of rotatable bonds is 3. The Kier molecular flexibility index (Phi) is 3.81. The van der Waals surface area contributed by atoms with Crippen LogP contribution in [-0.4, -0.2) is 26.5 Å². The highest BCUT2D eigenvalue weighted by Crippen LogP contribution is 2.40. The zero-order valence-electron chi connectivity index (χ0n) is 9.00. The topological polar surface area (TPSA) is 63.1 Å². The minimum Gasteiger partial charge on any atom is -0.481 e. The second-order valence-corrected chi connectivity index (χ2v) is 6.54. The van der Waals surface area contributed by atoms with Crippen LogP contribution in [0.2, 0.25) is 0 Å². The summed E-state index contributed by atoms with van der Waals surface area (Å²) in [5.74, 6) is -0.292. The Morgan fingerprint density at radius 3 is 3.06 bits per heavy atom. The van der Waals surface area contributed by atoms with E-state index in [1.165, 1.54) is 11.3 Å². The standard InChI is InChI=1S/C10H14N2O2S2/c1-6-2-3-7(9(13)14)8(4-6)16-10-12-11-5-15-10/h5-8H,2-4H2,1H3,(H,13,14). The summed E-state index contributed by atoms with van der Waals surface area (Å²) >= 11 is 3.05. The molecular formula is C10H14N2O2S2. The van der Waals surface area contributed by atoms with Gasteiger partial charge in [0, 0.05) is 5.25 Å². The van der Waals surface area contributed by atoms with Gasteiger partial charge in [-0.05, 0) is 25.2 Å². The molecule has 1 aromatic heterocycles. The number of aliphatic carboxylic acids is 1. The summed E-state index contributed by atoms with van der Waals surface area (Å²) in [6.07, 6.45) is 2.76. The maximum Gasteiger partial charge on any atom is 0.307 e. The van der Waals surface area contributed by atoms with Crippen LogP contribution in [0.1, 0.15) is 26.2 Å². The maximum atomic E-state index is 11.2. The maximum absolute atomic E-state index is 11.2. The summed E-state index contributed by atoms with van der Waals surface area (Å²) in [4.78, 5) is 11.2. The molecular weight excluding hydrogens is 244 g/mol. The number of carboxylic acids is 1. The van der Waals surface area contributed by atoms with Crippen molar-refractivity contribution in [2.45, 2.75) is 35.8 Å². The van der Waals surface area contributed by atoms with E-state index >= 15 is 0 Å². The Morgan fingerprint density at radius 2 is 2.44 bits per heavy atom. The molecule has 1 fully saturated rings. The Bertz CT molecular complexity index is 356. The molecule has 0 amide bonds. The highest BCUT2D eigenvalue weighted by Gasteiger charge is 2.34. The molecule has 2 rings (SSSR count). The third kappa shape index (κ3) is 2.74. The molecule has 1 N–H and O–H groups in total. The van der Waals surface area contributed by atoms with Crippen LogP contribution in [0, 0.1) is 11.8 Å². The van der Waals surface area contributed by atoms with Crippen LogP contribution in [0.3, 0.4) is 0 Å². The van der Waals surface area contributed by atoms with E-state index in [4.69, 9.17) is 0 Å². The molecule has 1 aromatic rings. The average Bonchev–Trinajstić information content (AvgIpc) is 2.70. The van der Waals surface area contributed by atoms with E-state index in [0.29, 0.717) is 5.92 Å². The molecule has 4 nitrogen and oxygen atoms in total. The van der Waals surface area contributed by atoms with Crippen molar-refractivity contribution in [3.05, 3.63) is 5.51 Å². The van der Waals surface area contributed by atoms with E-state index in [1.807, 2.05) is 0 Å². The average molecular weight is 258 g/mol. The molecule has 1 aliphatic rings. The number of aromatic nitrogens is 2. The van der Waals surface area contributed by atoms with E-state index in [0.717, 1.165) is 23.6 Å². The Balaban J connectivity index is 2.05. The molecule has 1 heterocycles. The van der Waals surface area contributed by atoms with E-state index in [2.05, 4.69) is 17.1 Å². The molecule has 0 aromatic carbocycles.